The first-order chi connectivity index (χ1) is 13.2. The predicted molar refractivity (Wildman–Crippen MR) is 97.7 cm³/mol. The lowest BCUT2D eigenvalue weighted by Gasteiger charge is -2.15. The van der Waals surface area contributed by atoms with Gasteiger partial charge >= 0.3 is 0 Å². The number of rotatable bonds is 5. The third-order valence-corrected chi connectivity index (χ3v) is 4.81. The topological polar surface area (TPSA) is 98.7 Å². The number of amides is 1. The zero-order valence-electron chi connectivity index (χ0n) is 15.3. The summed E-state index contributed by atoms with van der Waals surface area (Å²) >= 11 is 0. The first kappa shape index (κ1) is 17.4. The fourth-order valence-electron chi connectivity index (χ4n) is 3.32. The molecule has 0 spiro atoms. The molecule has 0 saturated heterocycles. The number of carbonyl (C=O) groups excluding carboxylic acids is 1. The smallest absolute Gasteiger partial charge is 0.227 e. The van der Waals surface area contributed by atoms with E-state index in [9.17, 15) is 4.79 Å². The van der Waals surface area contributed by atoms with E-state index in [4.69, 9.17) is 4.52 Å². The third-order valence-electron chi connectivity index (χ3n) is 4.81. The second-order valence-electron chi connectivity index (χ2n) is 6.91. The zero-order chi connectivity index (χ0) is 18.6. The van der Waals surface area contributed by atoms with Gasteiger partial charge in [0, 0.05) is 37.4 Å². The van der Waals surface area contributed by atoms with Crippen LogP contribution in [0, 0.1) is 6.92 Å². The van der Waals surface area contributed by atoms with Crippen LogP contribution < -0.4 is 5.32 Å². The lowest BCUT2D eigenvalue weighted by atomic mass is 10.1. The average Bonchev–Trinajstić information content (AvgIpc) is 3.28. The molecule has 1 aliphatic heterocycles. The highest BCUT2D eigenvalue weighted by Gasteiger charge is 2.19. The molecule has 27 heavy (non-hydrogen) atoms. The van der Waals surface area contributed by atoms with Crippen molar-refractivity contribution in [3.8, 4) is 11.4 Å². The molecule has 0 radical (unpaired) electrons. The van der Waals surface area contributed by atoms with E-state index in [0.29, 0.717) is 24.6 Å². The van der Waals surface area contributed by atoms with Gasteiger partial charge in [0.05, 0.1) is 0 Å². The van der Waals surface area contributed by atoms with Crippen LogP contribution in [0.1, 0.15) is 36.5 Å². The van der Waals surface area contributed by atoms with Crippen molar-refractivity contribution >= 4 is 5.91 Å². The summed E-state index contributed by atoms with van der Waals surface area (Å²) in [7, 11) is 0. The average molecular weight is 366 g/mol. The van der Waals surface area contributed by atoms with Crippen LogP contribution in [0.5, 0.6) is 0 Å². The molecule has 3 aromatic rings. The molecular formula is C19H22N6O2. The Morgan fingerprint density at radius 2 is 2.30 bits per heavy atom. The van der Waals surface area contributed by atoms with Gasteiger partial charge in [-0.1, -0.05) is 28.9 Å². The van der Waals surface area contributed by atoms with Crippen molar-refractivity contribution in [3.63, 3.8) is 0 Å². The van der Waals surface area contributed by atoms with Crippen molar-refractivity contribution in [2.24, 2.45) is 0 Å². The number of fused-ring (bicyclic) bond motifs is 1. The minimum Gasteiger partial charge on any atom is -0.353 e. The Kier molecular flexibility index (Phi) is 4.95. The number of hydrogen-bond acceptors (Lipinski definition) is 6. The Balaban J connectivity index is 1.28. The fraction of sp³-hybridized carbons (Fsp3) is 0.421. The molecule has 0 saturated carbocycles. The predicted octanol–water partition coefficient (Wildman–Crippen LogP) is 2.09. The van der Waals surface area contributed by atoms with Crippen LogP contribution in [0.25, 0.3) is 11.4 Å². The largest absolute Gasteiger partial charge is 0.353 e. The van der Waals surface area contributed by atoms with Crippen LogP contribution in [-0.4, -0.2) is 36.9 Å². The van der Waals surface area contributed by atoms with Gasteiger partial charge in [-0.2, -0.15) is 4.98 Å². The van der Waals surface area contributed by atoms with E-state index in [0.717, 1.165) is 42.8 Å². The zero-order valence-corrected chi connectivity index (χ0v) is 15.3. The second-order valence-corrected chi connectivity index (χ2v) is 6.91. The molecular weight excluding hydrogens is 344 g/mol. The molecule has 1 unspecified atom stereocenters. The number of nitrogens with zero attached hydrogens (tertiary/aromatic N) is 5. The minimum atomic E-state index is 0.00738. The van der Waals surface area contributed by atoms with Crippen LogP contribution >= 0.6 is 0 Å². The number of aromatic nitrogens is 5. The van der Waals surface area contributed by atoms with Crippen molar-refractivity contribution in [1.82, 2.24) is 30.2 Å². The Hall–Kier alpha value is -3.03. The molecule has 0 aliphatic carbocycles. The molecule has 1 atom stereocenters. The maximum absolute atomic E-state index is 12.3. The normalized spacial score (nSPS) is 16.6. The summed E-state index contributed by atoms with van der Waals surface area (Å²) in [4.78, 5) is 16.7. The molecule has 2 aromatic heterocycles. The van der Waals surface area contributed by atoms with Crippen molar-refractivity contribution in [2.75, 3.05) is 0 Å². The van der Waals surface area contributed by atoms with Gasteiger partial charge in [0.25, 0.3) is 0 Å². The Bertz CT molecular complexity index is 909. The lowest BCUT2D eigenvalue weighted by molar-refractivity contribution is -0.121. The summed E-state index contributed by atoms with van der Waals surface area (Å²) < 4.78 is 7.34. The highest BCUT2D eigenvalue weighted by atomic mass is 16.5. The van der Waals surface area contributed by atoms with E-state index in [1.165, 1.54) is 0 Å². The first-order valence-corrected chi connectivity index (χ1v) is 9.23. The van der Waals surface area contributed by atoms with Gasteiger partial charge in [0.1, 0.15) is 12.2 Å². The number of benzene rings is 1. The van der Waals surface area contributed by atoms with Gasteiger partial charge in [0.15, 0.2) is 0 Å². The molecule has 4 rings (SSSR count). The van der Waals surface area contributed by atoms with Crippen molar-refractivity contribution in [1.29, 1.82) is 0 Å². The Labute approximate surface area is 157 Å². The summed E-state index contributed by atoms with van der Waals surface area (Å²) in [6, 6.07) is 8.09. The van der Waals surface area contributed by atoms with Crippen LogP contribution in [-0.2, 0) is 24.2 Å². The highest BCUT2D eigenvalue weighted by molar-refractivity contribution is 5.76. The van der Waals surface area contributed by atoms with Gasteiger partial charge in [-0.15, -0.1) is 10.2 Å². The molecule has 0 bridgehead atoms. The summed E-state index contributed by atoms with van der Waals surface area (Å²) in [5.74, 6) is 2.03. The van der Waals surface area contributed by atoms with E-state index in [-0.39, 0.29) is 11.9 Å². The van der Waals surface area contributed by atoms with Crippen LogP contribution in [0.2, 0.25) is 0 Å². The van der Waals surface area contributed by atoms with Crippen LogP contribution in [0.4, 0.5) is 0 Å². The minimum absolute atomic E-state index is 0.00738. The number of aryl methyl sites for hydroxylation is 4. The second kappa shape index (κ2) is 7.69. The monoisotopic (exact) mass is 366 g/mol. The summed E-state index contributed by atoms with van der Waals surface area (Å²) in [6.07, 6.45) is 5.10. The van der Waals surface area contributed by atoms with Gasteiger partial charge < -0.3 is 14.4 Å². The Morgan fingerprint density at radius 1 is 1.37 bits per heavy atom. The maximum atomic E-state index is 12.3. The Morgan fingerprint density at radius 3 is 3.19 bits per heavy atom. The quantitative estimate of drug-likeness (QED) is 0.742. The molecule has 140 valence electrons. The van der Waals surface area contributed by atoms with Crippen molar-refractivity contribution < 1.29 is 9.32 Å². The first-order valence-electron chi connectivity index (χ1n) is 9.23. The molecule has 1 N–H and O–H groups in total. The standard InChI is InChI=1S/C19H22N6O2/c1-13-3-2-4-14(11-13)19-22-18(27-24-19)8-7-17(26)21-15-5-6-16-23-20-12-25(16)10-9-15/h2-4,11-12,15H,5-10H2,1H3,(H,21,26). The third kappa shape index (κ3) is 4.21. The summed E-state index contributed by atoms with van der Waals surface area (Å²) in [5.41, 5.74) is 2.05. The van der Waals surface area contributed by atoms with E-state index in [1.54, 1.807) is 6.33 Å². The van der Waals surface area contributed by atoms with Crippen molar-refractivity contribution in [2.45, 2.75) is 51.6 Å². The van der Waals surface area contributed by atoms with E-state index in [1.807, 2.05) is 31.2 Å². The van der Waals surface area contributed by atoms with Crippen molar-refractivity contribution in [3.05, 3.63) is 47.9 Å². The molecule has 1 amide bonds. The summed E-state index contributed by atoms with van der Waals surface area (Å²) in [6.45, 7) is 2.85. The number of carbonyl (C=O) groups is 1. The van der Waals surface area contributed by atoms with E-state index >= 15 is 0 Å². The lowest BCUT2D eigenvalue weighted by Crippen LogP contribution is -2.35. The van der Waals surface area contributed by atoms with Gasteiger partial charge in [-0.25, -0.2) is 0 Å². The molecule has 1 aromatic carbocycles. The molecule has 0 fully saturated rings. The molecule has 8 nitrogen and oxygen atoms in total. The maximum Gasteiger partial charge on any atom is 0.227 e. The molecule has 3 heterocycles. The van der Waals surface area contributed by atoms with E-state index in [2.05, 4.69) is 30.2 Å². The number of nitrogens with one attached hydrogen (secondary N) is 1. The SMILES string of the molecule is Cc1cccc(-c2noc(CCC(=O)NC3CCc4nncn4CC3)n2)c1. The van der Waals surface area contributed by atoms with Gasteiger partial charge in [-0.3, -0.25) is 4.79 Å². The van der Waals surface area contributed by atoms with Crippen LogP contribution in [0.15, 0.2) is 35.1 Å². The van der Waals surface area contributed by atoms with Gasteiger partial charge in [-0.05, 0) is 25.8 Å². The molecule has 1 aliphatic rings. The molecule has 8 heteroatoms. The van der Waals surface area contributed by atoms with Gasteiger partial charge in [0.2, 0.25) is 17.6 Å². The summed E-state index contributed by atoms with van der Waals surface area (Å²) in [5, 5.41) is 15.2. The number of hydrogen-bond donors (Lipinski definition) is 1. The van der Waals surface area contributed by atoms with Crippen LogP contribution in [0.3, 0.4) is 0 Å². The highest BCUT2D eigenvalue weighted by Crippen LogP contribution is 2.17. The van der Waals surface area contributed by atoms with E-state index < -0.39 is 0 Å². The fourth-order valence-corrected chi connectivity index (χ4v) is 3.32.